The predicted molar refractivity (Wildman–Crippen MR) is 61.1 cm³/mol. The normalized spacial score (nSPS) is 11.6. The lowest BCUT2D eigenvalue weighted by atomic mass is 10.2. The van der Waals surface area contributed by atoms with Gasteiger partial charge in [-0.2, -0.15) is 0 Å². The molecule has 5 nitrogen and oxygen atoms in total. The molecular weight excluding hydrogens is 228 g/mol. The fraction of sp³-hybridized carbons (Fsp3) is 0.400. The Morgan fingerprint density at radius 2 is 2.19 bits per heavy atom. The van der Waals surface area contributed by atoms with Gasteiger partial charge in [0.25, 0.3) is 0 Å². The van der Waals surface area contributed by atoms with Gasteiger partial charge in [-0.25, -0.2) is 19.0 Å². The molecule has 0 bridgehead atoms. The molecule has 1 aromatic rings. The molecule has 6 heteroatoms. The van der Waals surface area contributed by atoms with Crippen LogP contribution in [-0.4, -0.2) is 21.6 Å². The van der Waals surface area contributed by atoms with Gasteiger partial charge in [0, 0.05) is 6.54 Å². The Labute approximate surface area is 95.6 Å². The van der Waals surface area contributed by atoms with Crippen LogP contribution in [0.4, 0.5) is 0 Å². The zero-order valence-electron chi connectivity index (χ0n) is 9.14. The van der Waals surface area contributed by atoms with Crippen molar-refractivity contribution < 1.29 is 13.3 Å². The number of hydrogen-bond acceptors (Lipinski definition) is 4. The van der Waals surface area contributed by atoms with Crippen molar-refractivity contribution in [3.05, 3.63) is 29.8 Å². The van der Waals surface area contributed by atoms with E-state index in [1.807, 2.05) is 13.0 Å². The molecule has 1 aromatic carbocycles. The number of sulfonamides is 1. The average Bonchev–Trinajstić information content (AvgIpc) is 2.24. The van der Waals surface area contributed by atoms with Crippen molar-refractivity contribution >= 4 is 10.0 Å². The number of hydrogen-bond donors (Lipinski definition) is 2. The van der Waals surface area contributed by atoms with Crippen molar-refractivity contribution in [3.8, 4) is 0 Å². The third-order valence-corrected chi connectivity index (χ3v) is 3.49. The van der Waals surface area contributed by atoms with E-state index >= 15 is 0 Å². The number of nitrogens with one attached hydrogen (secondary N) is 1. The summed E-state index contributed by atoms with van der Waals surface area (Å²) in [6.07, 6.45) is 0.543. The minimum atomic E-state index is -3.41. The van der Waals surface area contributed by atoms with E-state index in [-0.39, 0.29) is 4.90 Å². The number of nitrogens with two attached hydrogens (primary N) is 1. The van der Waals surface area contributed by atoms with Gasteiger partial charge < -0.3 is 4.84 Å². The van der Waals surface area contributed by atoms with Crippen LogP contribution in [0.5, 0.6) is 0 Å². The fourth-order valence-electron chi connectivity index (χ4n) is 1.23. The van der Waals surface area contributed by atoms with Crippen molar-refractivity contribution in [2.45, 2.75) is 18.2 Å². The highest BCUT2D eigenvalue weighted by Crippen LogP contribution is 2.10. The first-order chi connectivity index (χ1) is 7.56. The van der Waals surface area contributed by atoms with E-state index in [0.717, 1.165) is 5.56 Å². The second kappa shape index (κ2) is 5.95. The van der Waals surface area contributed by atoms with Crippen LogP contribution in [-0.2, 0) is 14.9 Å². The largest absolute Gasteiger partial charge is 0.305 e. The van der Waals surface area contributed by atoms with Crippen LogP contribution in [0.1, 0.15) is 12.0 Å². The number of benzene rings is 1. The monoisotopic (exact) mass is 244 g/mol. The third kappa shape index (κ3) is 3.90. The van der Waals surface area contributed by atoms with Gasteiger partial charge in [0.15, 0.2) is 0 Å². The first kappa shape index (κ1) is 13.1. The topological polar surface area (TPSA) is 81.4 Å². The summed E-state index contributed by atoms with van der Waals surface area (Å²) in [7, 11) is -3.41. The van der Waals surface area contributed by atoms with E-state index in [1.54, 1.807) is 18.2 Å². The lowest BCUT2D eigenvalue weighted by Crippen LogP contribution is -2.25. The Morgan fingerprint density at radius 1 is 1.44 bits per heavy atom. The van der Waals surface area contributed by atoms with Gasteiger partial charge in [-0.05, 0) is 31.0 Å². The molecule has 3 N–H and O–H groups in total. The van der Waals surface area contributed by atoms with E-state index in [0.29, 0.717) is 19.6 Å². The van der Waals surface area contributed by atoms with Crippen LogP contribution < -0.4 is 10.6 Å². The van der Waals surface area contributed by atoms with Crippen molar-refractivity contribution in [1.29, 1.82) is 0 Å². The maximum Gasteiger partial charge on any atom is 0.240 e. The van der Waals surface area contributed by atoms with Crippen LogP contribution in [0.15, 0.2) is 29.2 Å². The molecule has 0 atom stereocenters. The molecule has 0 saturated carbocycles. The minimum absolute atomic E-state index is 0.279. The van der Waals surface area contributed by atoms with Crippen LogP contribution in [0.2, 0.25) is 0 Å². The van der Waals surface area contributed by atoms with E-state index in [1.165, 1.54) is 0 Å². The Kier molecular flexibility index (Phi) is 4.88. The predicted octanol–water partition coefficient (Wildman–Crippen LogP) is 0.554. The Morgan fingerprint density at radius 3 is 2.81 bits per heavy atom. The number of aryl methyl sites for hydroxylation is 1. The maximum absolute atomic E-state index is 11.8. The summed E-state index contributed by atoms with van der Waals surface area (Å²) < 4.78 is 26.0. The van der Waals surface area contributed by atoms with E-state index in [2.05, 4.69) is 9.56 Å². The Bertz CT molecular complexity index is 431. The van der Waals surface area contributed by atoms with Crippen molar-refractivity contribution in [3.63, 3.8) is 0 Å². The van der Waals surface area contributed by atoms with Gasteiger partial charge in [-0.1, -0.05) is 12.1 Å². The summed E-state index contributed by atoms with van der Waals surface area (Å²) in [5, 5.41) is 0. The summed E-state index contributed by atoms with van der Waals surface area (Å²) in [6, 6.07) is 6.75. The average molecular weight is 244 g/mol. The quantitative estimate of drug-likeness (QED) is 0.565. The highest BCUT2D eigenvalue weighted by Gasteiger charge is 2.12. The van der Waals surface area contributed by atoms with Crippen LogP contribution in [0, 0.1) is 6.92 Å². The molecule has 0 aliphatic carbocycles. The summed E-state index contributed by atoms with van der Waals surface area (Å²) in [5.41, 5.74) is 0.910. The summed E-state index contributed by atoms with van der Waals surface area (Å²) in [6.45, 7) is 2.49. The molecule has 0 aromatic heterocycles. The molecule has 0 aliphatic heterocycles. The molecule has 0 heterocycles. The van der Waals surface area contributed by atoms with Crippen molar-refractivity contribution in [2.75, 3.05) is 13.2 Å². The first-order valence-corrected chi connectivity index (χ1v) is 6.42. The molecule has 0 aliphatic rings. The second-order valence-electron chi connectivity index (χ2n) is 3.44. The molecule has 0 saturated heterocycles. The molecule has 0 radical (unpaired) electrons. The summed E-state index contributed by atoms with van der Waals surface area (Å²) >= 11 is 0. The standard InChI is InChI=1S/C10H16N2O3S/c1-9-4-2-5-10(8-9)16(13,14)12-6-3-7-15-11/h2,4-5,8,12H,3,6-7,11H2,1H3. The van der Waals surface area contributed by atoms with Crippen molar-refractivity contribution in [2.24, 2.45) is 5.90 Å². The third-order valence-electron chi connectivity index (χ3n) is 2.03. The summed E-state index contributed by atoms with van der Waals surface area (Å²) in [4.78, 5) is 4.63. The van der Waals surface area contributed by atoms with Gasteiger partial charge in [0.2, 0.25) is 10.0 Å². The molecule has 1 rings (SSSR count). The zero-order chi connectivity index (χ0) is 12.0. The fourth-order valence-corrected chi connectivity index (χ4v) is 2.41. The smallest absolute Gasteiger partial charge is 0.240 e. The SMILES string of the molecule is Cc1cccc(S(=O)(=O)NCCCON)c1. The van der Waals surface area contributed by atoms with Crippen LogP contribution >= 0.6 is 0 Å². The van der Waals surface area contributed by atoms with Gasteiger partial charge in [-0.15, -0.1) is 0 Å². The highest BCUT2D eigenvalue weighted by atomic mass is 32.2. The first-order valence-electron chi connectivity index (χ1n) is 4.94. The van der Waals surface area contributed by atoms with E-state index < -0.39 is 10.0 Å². The van der Waals surface area contributed by atoms with Gasteiger partial charge >= 0.3 is 0 Å². The minimum Gasteiger partial charge on any atom is -0.305 e. The van der Waals surface area contributed by atoms with E-state index in [9.17, 15) is 8.42 Å². The van der Waals surface area contributed by atoms with E-state index in [4.69, 9.17) is 5.90 Å². The second-order valence-corrected chi connectivity index (χ2v) is 5.21. The molecule has 0 fully saturated rings. The molecule has 0 unspecified atom stereocenters. The molecule has 90 valence electrons. The molecule has 0 amide bonds. The molecule has 16 heavy (non-hydrogen) atoms. The Hall–Kier alpha value is -0.950. The zero-order valence-corrected chi connectivity index (χ0v) is 9.96. The van der Waals surface area contributed by atoms with Gasteiger partial charge in [0.05, 0.1) is 11.5 Å². The van der Waals surface area contributed by atoms with Crippen LogP contribution in [0.25, 0.3) is 0 Å². The molecule has 0 spiro atoms. The lowest BCUT2D eigenvalue weighted by Gasteiger charge is -2.06. The van der Waals surface area contributed by atoms with Gasteiger partial charge in [-0.3, -0.25) is 0 Å². The van der Waals surface area contributed by atoms with Gasteiger partial charge in [0.1, 0.15) is 0 Å². The Balaban J connectivity index is 2.64. The summed E-state index contributed by atoms with van der Waals surface area (Å²) in [5.74, 6) is 4.83. The highest BCUT2D eigenvalue weighted by molar-refractivity contribution is 7.89. The van der Waals surface area contributed by atoms with Crippen molar-refractivity contribution in [1.82, 2.24) is 4.72 Å². The maximum atomic E-state index is 11.8. The number of rotatable bonds is 6. The van der Waals surface area contributed by atoms with Crippen LogP contribution in [0.3, 0.4) is 0 Å². The lowest BCUT2D eigenvalue weighted by molar-refractivity contribution is 0.136. The molecular formula is C10H16N2O3S.